The van der Waals surface area contributed by atoms with E-state index in [1.165, 1.54) is 6.92 Å². The molecule has 6 nitrogen and oxygen atoms in total. The highest BCUT2D eigenvalue weighted by atomic mass is 16.4. The van der Waals surface area contributed by atoms with Crippen LogP contribution in [0, 0.1) is 0 Å². The van der Waals surface area contributed by atoms with Crippen LogP contribution in [0.4, 0.5) is 10.5 Å². The Morgan fingerprint density at radius 3 is 2.76 bits per heavy atom. The molecule has 0 radical (unpaired) electrons. The zero-order valence-electron chi connectivity index (χ0n) is 9.43. The molecule has 0 aliphatic rings. The Hall–Kier alpha value is -2.08. The summed E-state index contributed by atoms with van der Waals surface area (Å²) in [5.74, 6) is -0.167. The number of hydrogen-bond acceptors (Lipinski definition) is 3. The van der Waals surface area contributed by atoms with Gasteiger partial charge in [-0.15, -0.1) is 0 Å². The Bertz CT molecular complexity index is 420. The molecule has 0 saturated heterocycles. The number of nitrogens with two attached hydrogens (primary N) is 1. The predicted molar refractivity (Wildman–Crippen MR) is 63.7 cm³/mol. The summed E-state index contributed by atoms with van der Waals surface area (Å²) in [6.45, 7) is 1.54. The van der Waals surface area contributed by atoms with Crippen molar-refractivity contribution in [2.45, 2.75) is 13.0 Å². The lowest BCUT2D eigenvalue weighted by Gasteiger charge is -2.13. The van der Waals surface area contributed by atoms with E-state index in [1.54, 1.807) is 24.3 Å². The van der Waals surface area contributed by atoms with Crippen LogP contribution in [0.25, 0.3) is 0 Å². The molecule has 1 aromatic carbocycles. The fourth-order valence-electron chi connectivity index (χ4n) is 1.37. The maximum atomic E-state index is 10.9. The van der Waals surface area contributed by atoms with Gasteiger partial charge in [0.25, 0.3) is 0 Å². The van der Waals surface area contributed by atoms with Crippen LogP contribution in [0.5, 0.6) is 0 Å². The van der Waals surface area contributed by atoms with Gasteiger partial charge in [0.15, 0.2) is 0 Å². The van der Waals surface area contributed by atoms with Gasteiger partial charge in [0.1, 0.15) is 0 Å². The first kappa shape index (κ1) is 13.0. The first-order valence-corrected chi connectivity index (χ1v) is 5.09. The second-order valence-corrected chi connectivity index (χ2v) is 3.60. The summed E-state index contributed by atoms with van der Waals surface area (Å²) in [6, 6.07) is 6.54. The van der Waals surface area contributed by atoms with Gasteiger partial charge in [0.05, 0.1) is 0 Å². The number of carbonyl (C=O) groups excluding carboxylic acids is 1. The summed E-state index contributed by atoms with van der Waals surface area (Å²) in [4.78, 5) is 21.2. The van der Waals surface area contributed by atoms with E-state index < -0.39 is 12.1 Å². The Morgan fingerprint density at radius 1 is 1.47 bits per heavy atom. The Balaban J connectivity index is 2.69. The molecule has 5 N–H and O–H groups in total. The van der Waals surface area contributed by atoms with Crippen molar-refractivity contribution in [3.8, 4) is 0 Å². The number of nitrogens with one attached hydrogen (secondary N) is 2. The van der Waals surface area contributed by atoms with E-state index in [4.69, 9.17) is 10.8 Å². The summed E-state index contributed by atoms with van der Waals surface area (Å²) < 4.78 is 0. The van der Waals surface area contributed by atoms with Crippen LogP contribution in [0.15, 0.2) is 24.3 Å². The highest BCUT2D eigenvalue weighted by Crippen LogP contribution is 2.15. The fourth-order valence-corrected chi connectivity index (χ4v) is 1.37. The van der Waals surface area contributed by atoms with Gasteiger partial charge in [0, 0.05) is 25.2 Å². The van der Waals surface area contributed by atoms with Crippen LogP contribution in [-0.2, 0) is 4.79 Å². The quantitative estimate of drug-likeness (QED) is 0.624. The minimum absolute atomic E-state index is 0.124. The maximum absolute atomic E-state index is 10.9. The smallest absolute Gasteiger partial charge is 0.404 e. The van der Waals surface area contributed by atoms with Gasteiger partial charge < -0.3 is 21.5 Å². The lowest BCUT2D eigenvalue weighted by atomic mass is 10.1. The molecular formula is C11H15N3O3. The van der Waals surface area contributed by atoms with Crippen LogP contribution in [0.3, 0.4) is 0 Å². The lowest BCUT2D eigenvalue weighted by molar-refractivity contribution is -0.114. The maximum Gasteiger partial charge on any atom is 0.404 e. The number of rotatable bonds is 4. The van der Waals surface area contributed by atoms with Crippen LogP contribution >= 0.6 is 0 Å². The number of benzene rings is 1. The number of anilines is 1. The van der Waals surface area contributed by atoms with Crippen molar-refractivity contribution in [3.05, 3.63) is 29.8 Å². The van der Waals surface area contributed by atoms with Crippen molar-refractivity contribution in [2.75, 3.05) is 11.9 Å². The van der Waals surface area contributed by atoms with Crippen LogP contribution < -0.4 is 16.4 Å². The third-order valence-electron chi connectivity index (χ3n) is 2.11. The molecule has 17 heavy (non-hydrogen) atoms. The SMILES string of the molecule is CC(=O)Nc1cccc(C(N)CNC(=O)O)c1. The third kappa shape index (κ3) is 4.52. The zero-order valence-corrected chi connectivity index (χ0v) is 9.43. The normalized spacial score (nSPS) is 11.6. The number of hydrogen-bond donors (Lipinski definition) is 4. The van der Waals surface area contributed by atoms with Gasteiger partial charge in [-0.05, 0) is 17.7 Å². The average molecular weight is 237 g/mol. The van der Waals surface area contributed by atoms with Crippen LogP contribution in [0.1, 0.15) is 18.5 Å². The van der Waals surface area contributed by atoms with Crippen LogP contribution in [0.2, 0.25) is 0 Å². The van der Waals surface area contributed by atoms with E-state index in [0.29, 0.717) is 5.69 Å². The second-order valence-electron chi connectivity index (χ2n) is 3.60. The summed E-state index contributed by atoms with van der Waals surface area (Å²) in [6.07, 6.45) is -1.11. The van der Waals surface area contributed by atoms with Crippen molar-refractivity contribution < 1.29 is 14.7 Å². The van der Waals surface area contributed by atoms with Gasteiger partial charge in [-0.1, -0.05) is 12.1 Å². The molecule has 0 heterocycles. The molecule has 0 fully saturated rings. The largest absolute Gasteiger partial charge is 0.465 e. The van der Waals surface area contributed by atoms with E-state index in [0.717, 1.165) is 5.56 Å². The molecule has 2 amide bonds. The first-order chi connectivity index (χ1) is 7.99. The molecule has 92 valence electrons. The Labute approximate surface area is 98.8 Å². The molecule has 0 bridgehead atoms. The van der Waals surface area contributed by atoms with Crippen molar-refractivity contribution in [1.29, 1.82) is 0 Å². The predicted octanol–water partition coefficient (Wildman–Crippen LogP) is 0.912. The molecule has 0 spiro atoms. The summed E-state index contributed by atoms with van der Waals surface area (Å²) in [5, 5.41) is 13.3. The number of amides is 2. The van der Waals surface area contributed by atoms with E-state index in [2.05, 4.69) is 10.6 Å². The van der Waals surface area contributed by atoms with E-state index in [-0.39, 0.29) is 12.5 Å². The standard InChI is InChI=1S/C11H15N3O3/c1-7(15)14-9-4-2-3-8(5-9)10(12)6-13-11(16)17/h2-5,10,13H,6,12H2,1H3,(H,14,15)(H,16,17). The third-order valence-corrected chi connectivity index (χ3v) is 2.11. The molecular weight excluding hydrogens is 222 g/mol. The van der Waals surface area contributed by atoms with Gasteiger partial charge in [-0.25, -0.2) is 4.79 Å². The van der Waals surface area contributed by atoms with Gasteiger partial charge >= 0.3 is 6.09 Å². The van der Waals surface area contributed by atoms with Gasteiger partial charge in [0.2, 0.25) is 5.91 Å². The lowest BCUT2D eigenvalue weighted by Crippen LogP contribution is -2.30. The van der Waals surface area contributed by atoms with Crippen molar-refractivity contribution >= 4 is 17.7 Å². The molecule has 1 rings (SSSR count). The fraction of sp³-hybridized carbons (Fsp3) is 0.273. The van der Waals surface area contributed by atoms with E-state index in [9.17, 15) is 9.59 Å². The minimum atomic E-state index is -1.11. The molecule has 0 aliphatic heterocycles. The number of carboxylic acid groups (broad SMARTS) is 1. The van der Waals surface area contributed by atoms with Crippen molar-refractivity contribution in [1.82, 2.24) is 5.32 Å². The van der Waals surface area contributed by atoms with Crippen molar-refractivity contribution in [3.63, 3.8) is 0 Å². The molecule has 0 aliphatic carbocycles. The monoisotopic (exact) mass is 237 g/mol. The van der Waals surface area contributed by atoms with Crippen LogP contribution in [-0.4, -0.2) is 23.7 Å². The summed E-state index contributed by atoms with van der Waals surface area (Å²) in [7, 11) is 0. The minimum Gasteiger partial charge on any atom is -0.465 e. The number of carbonyl (C=O) groups is 2. The molecule has 1 unspecified atom stereocenters. The molecule has 0 saturated carbocycles. The Morgan fingerprint density at radius 2 is 2.18 bits per heavy atom. The van der Waals surface area contributed by atoms with E-state index in [1.807, 2.05) is 0 Å². The second kappa shape index (κ2) is 5.86. The van der Waals surface area contributed by atoms with Crippen molar-refractivity contribution in [2.24, 2.45) is 5.73 Å². The topological polar surface area (TPSA) is 104 Å². The average Bonchev–Trinajstić information content (AvgIpc) is 2.25. The van der Waals surface area contributed by atoms with E-state index >= 15 is 0 Å². The highest BCUT2D eigenvalue weighted by Gasteiger charge is 2.08. The summed E-state index contributed by atoms with van der Waals surface area (Å²) >= 11 is 0. The first-order valence-electron chi connectivity index (χ1n) is 5.09. The van der Waals surface area contributed by atoms with Gasteiger partial charge in [-0.2, -0.15) is 0 Å². The zero-order chi connectivity index (χ0) is 12.8. The highest BCUT2D eigenvalue weighted by molar-refractivity contribution is 5.88. The molecule has 1 aromatic rings. The van der Waals surface area contributed by atoms with Gasteiger partial charge in [-0.3, -0.25) is 4.79 Å². The Kier molecular flexibility index (Phi) is 4.47. The summed E-state index contributed by atoms with van der Waals surface area (Å²) in [5.41, 5.74) is 7.20. The molecule has 0 aromatic heterocycles. The molecule has 6 heteroatoms. The molecule has 1 atom stereocenters.